The van der Waals surface area contributed by atoms with E-state index in [4.69, 9.17) is 0 Å². The molecule has 0 atom stereocenters. The number of hydrogen-bond donors (Lipinski definition) is 0. The van der Waals surface area contributed by atoms with Crippen LogP contribution in [0.2, 0.25) is 0 Å². The van der Waals surface area contributed by atoms with Gasteiger partial charge in [0.15, 0.2) is 0 Å². The summed E-state index contributed by atoms with van der Waals surface area (Å²) in [6, 6.07) is 5.48. The van der Waals surface area contributed by atoms with E-state index in [1.54, 1.807) is 22.3 Å². The van der Waals surface area contributed by atoms with Crippen LogP contribution in [0, 0.1) is 0 Å². The van der Waals surface area contributed by atoms with E-state index in [2.05, 4.69) is 67.5 Å². The summed E-state index contributed by atoms with van der Waals surface area (Å²) in [5.41, 5.74) is 6.99. The molecule has 0 unspecified atom stereocenters. The zero-order chi connectivity index (χ0) is 22.5. The Bertz CT molecular complexity index is 472. The van der Waals surface area contributed by atoms with Gasteiger partial charge in [0.2, 0.25) is 0 Å². The minimum Gasteiger partial charge on any atom is -0.103 e. The van der Waals surface area contributed by atoms with Crippen LogP contribution in [-0.4, -0.2) is 49.3 Å². The molecule has 0 aromatic heterocycles. The lowest BCUT2D eigenvalue weighted by atomic mass is 10.0. The van der Waals surface area contributed by atoms with E-state index in [-0.39, 0.29) is 31.7 Å². The van der Waals surface area contributed by atoms with Gasteiger partial charge in [0.25, 0.3) is 0 Å². The van der Waals surface area contributed by atoms with Gasteiger partial charge in [-0.25, -0.2) is 0 Å². The second-order valence-electron chi connectivity index (χ2n) is 8.24. The summed E-state index contributed by atoms with van der Waals surface area (Å²) in [4.78, 5) is 0. The van der Waals surface area contributed by atoms with Crippen LogP contribution in [0.3, 0.4) is 0 Å². The normalized spacial score (nSPS) is 12.1. The van der Waals surface area contributed by atoms with Crippen molar-refractivity contribution in [3.8, 4) is 0 Å². The van der Waals surface area contributed by atoms with Gasteiger partial charge in [-0.3, -0.25) is 0 Å². The van der Waals surface area contributed by atoms with Crippen molar-refractivity contribution in [2.45, 2.75) is 80.0 Å². The van der Waals surface area contributed by atoms with E-state index in [1.165, 1.54) is 73.9 Å². The maximum absolute atomic E-state index is 2.74. The van der Waals surface area contributed by atoms with Crippen LogP contribution in [0.15, 0.2) is 12.1 Å². The van der Waals surface area contributed by atoms with Crippen molar-refractivity contribution in [3.63, 3.8) is 0 Å². The lowest BCUT2D eigenvalue weighted by Gasteiger charge is -2.25. The summed E-state index contributed by atoms with van der Waals surface area (Å²) in [6.45, 7) is 19.3. The highest BCUT2D eigenvalue weighted by Gasteiger charge is 2.18. The van der Waals surface area contributed by atoms with Crippen LogP contribution >= 0.6 is 31.7 Å². The fourth-order valence-electron chi connectivity index (χ4n) is 4.13. The van der Waals surface area contributed by atoms with Crippen molar-refractivity contribution in [2.75, 3.05) is 49.3 Å². The molecule has 1 aromatic carbocycles. The third-order valence-electron chi connectivity index (χ3n) is 6.68. The molecule has 0 radical (unpaired) electrons. The summed E-state index contributed by atoms with van der Waals surface area (Å²) in [6.07, 6.45) is 16.5. The Morgan fingerprint density at radius 1 is 0.367 bits per heavy atom. The molecule has 1 aromatic rings. The molecular weight excluding hydrogens is 436 g/mol. The van der Waals surface area contributed by atoms with Gasteiger partial charge in [-0.15, -0.1) is 31.7 Å². The summed E-state index contributed by atoms with van der Waals surface area (Å²) in [5.74, 6) is 0. The average molecular weight is 487 g/mol. The Morgan fingerprint density at radius 3 is 0.667 bits per heavy atom. The standard InChI is InChI=1S/C26H50P4/c1-9-27(10-2)19-23-17-25(21-29(13-5)14-6)26(22-30(15-7)16-8)18-24(23)20-28(11-3)12-4/h17-18H,9-16,19-22H2,1-8H3. The van der Waals surface area contributed by atoms with E-state index in [1.807, 2.05) is 0 Å². The lowest BCUT2D eigenvalue weighted by molar-refractivity contribution is 1.14. The van der Waals surface area contributed by atoms with E-state index < -0.39 is 0 Å². The second kappa shape index (κ2) is 16.5. The monoisotopic (exact) mass is 486 g/mol. The molecular formula is C26H50P4. The molecule has 0 nitrogen and oxygen atoms in total. The molecule has 4 heteroatoms. The molecule has 0 spiro atoms. The molecule has 1 rings (SSSR count). The molecule has 0 heterocycles. The van der Waals surface area contributed by atoms with Gasteiger partial charge in [-0.1, -0.05) is 67.5 Å². The van der Waals surface area contributed by atoms with Crippen LogP contribution in [0.5, 0.6) is 0 Å². The molecule has 0 amide bonds. The van der Waals surface area contributed by atoms with Crippen molar-refractivity contribution < 1.29 is 0 Å². The lowest BCUT2D eigenvalue weighted by Crippen LogP contribution is -2.05. The Hall–Kier alpha value is 0.940. The fraction of sp³-hybridized carbons (Fsp3) is 0.769. The first-order valence-corrected chi connectivity index (χ1v) is 20.1. The molecule has 0 bridgehead atoms. The molecule has 0 saturated carbocycles. The van der Waals surface area contributed by atoms with E-state index >= 15 is 0 Å². The predicted molar refractivity (Wildman–Crippen MR) is 153 cm³/mol. The third-order valence-corrected chi connectivity index (χ3v) is 17.0. The largest absolute Gasteiger partial charge is 0.103 e. The van der Waals surface area contributed by atoms with Gasteiger partial charge >= 0.3 is 0 Å². The quantitative estimate of drug-likeness (QED) is 0.204. The van der Waals surface area contributed by atoms with Crippen molar-refractivity contribution in [3.05, 3.63) is 34.4 Å². The minimum atomic E-state index is 0.162. The zero-order valence-corrected chi connectivity index (χ0v) is 25.0. The highest BCUT2D eigenvalue weighted by Crippen LogP contribution is 2.48. The van der Waals surface area contributed by atoms with Crippen LogP contribution in [0.4, 0.5) is 0 Å². The predicted octanol–water partition coefficient (Wildman–Crippen LogP) is 9.77. The Labute approximate surface area is 195 Å². The maximum atomic E-state index is 2.74. The van der Waals surface area contributed by atoms with E-state index in [0.29, 0.717) is 0 Å². The van der Waals surface area contributed by atoms with Crippen molar-refractivity contribution in [2.24, 2.45) is 0 Å². The summed E-state index contributed by atoms with van der Waals surface area (Å²) in [7, 11) is 0.647. The molecule has 0 N–H and O–H groups in total. The molecule has 174 valence electrons. The van der Waals surface area contributed by atoms with Crippen molar-refractivity contribution in [1.29, 1.82) is 0 Å². The maximum Gasteiger partial charge on any atom is -0.00703 e. The van der Waals surface area contributed by atoms with Crippen LogP contribution < -0.4 is 0 Å². The first kappa shape index (κ1) is 29.0. The molecule has 30 heavy (non-hydrogen) atoms. The van der Waals surface area contributed by atoms with Crippen molar-refractivity contribution >= 4 is 31.7 Å². The highest BCUT2D eigenvalue weighted by molar-refractivity contribution is 7.57. The first-order valence-electron chi connectivity index (χ1n) is 12.5. The SMILES string of the molecule is CCP(CC)Cc1cc(CP(CC)CC)c(CP(CC)CC)cc1CP(CC)CC. The van der Waals surface area contributed by atoms with E-state index in [9.17, 15) is 0 Å². The Kier molecular flexibility index (Phi) is 16.0. The molecule has 0 aliphatic heterocycles. The zero-order valence-electron chi connectivity index (χ0n) is 21.4. The number of benzene rings is 1. The topological polar surface area (TPSA) is 0 Å². The fourth-order valence-corrected chi connectivity index (χ4v) is 10.8. The molecule has 0 aliphatic rings. The van der Waals surface area contributed by atoms with Gasteiger partial charge in [-0.2, -0.15) is 0 Å². The summed E-state index contributed by atoms with van der Waals surface area (Å²) >= 11 is 0. The van der Waals surface area contributed by atoms with Crippen LogP contribution in [-0.2, 0) is 24.6 Å². The summed E-state index contributed by atoms with van der Waals surface area (Å²) < 4.78 is 0. The highest BCUT2D eigenvalue weighted by atomic mass is 31.1. The average Bonchev–Trinajstić information content (AvgIpc) is 2.78. The van der Waals surface area contributed by atoms with Crippen molar-refractivity contribution in [1.82, 2.24) is 0 Å². The number of hydrogen-bond acceptors (Lipinski definition) is 0. The van der Waals surface area contributed by atoms with Crippen LogP contribution in [0.25, 0.3) is 0 Å². The smallest absolute Gasteiger partial charge is 0.00703 e. The third kappa shape index (κ3) is 9.43. The van der Waals surface area contributed by atoms with Gasteiger partial charge in [0.05, 0.1) is 0 Å². The molecule has 0 aliphatic carbocycles. The summed E-state index contributed by atoms with van der Waals surface area (Å²) in [5, 5.41) is 0. The Morgan fingerprint density at radius 2 is 0.533 bits per heavy atom. The van der Waals surface area contributed by atoms with Gasteiger partial charge in [0, 0.05) is 0 Å². The molecule has 0 saturated heterocycles. The number of rotatable bonds is 16. The Balaban J connectivity index is 3.45. The minimum absolute atomic E-state index is 0.162. The van der Waals surface area contributed by atoms with Crippen LogP contribution in [0.1, 0.15) is 77.6 Å². The molecule has 0 fully saturated rings. The first-order chi connectivity index (χ1) is 14.5. The van der Waals surface area contributed by atoms with Gasteiger partial charge < -0.3 is 0 Å². The second-order valence-corrected chi connectivity index (χ2v) is 19.9. The van der Waals surface area contributed by atoms with E-state index in [0.717, 1.165) is 0 Å². The van der Waals surface area contributed by atoms with Gasteiger partial charge in [-0.05, 0) is 96.2 Å². The van der Waals surface area contributed by atoms with Gasteiger partial charge in [0.1, 0.15) is 0 Å².